The average Bonchev–Trinajstić information content (AvgIpc) is 2.54. The third kappa shape index (κ3) is 3.06. The molecule has 3 N–H and O–H groups in total. The third-order valence-electron chi connectivity index (χ3n) is 2.32. The lowest BCUT2D eigenvalue weighted by Crippen LogP contribution is -2.21. The Bertz CT molecular complexity index is 480. The van der Waals surface area contributed by atoms with Gasteiger partial charge >= 0.3 is 5.97 Å². The number of nitrogens with zero attached hydrogens (tertiary/aromatic N) is 2. The molecular weight excluding hydrogens is 240 g/mol. The zero-order valence-electron chi connectivity index (χ0n) is 10.1. The number of aryl methyl sites for hydroxylation is 1. The van der Waals surface area contributed by atoms with E-state index >= 15 is 0 Å². The van der Waals surface area contributed by atoms with Crippen LogP contribution >= 0.6 is 0 Å². The molecule has 0 spiro atoms. The largest absolute Gasteiger partial charge is 0.477 e. The number of anilines is 1. The molecule has 0 saturated carbocycles. The lowest BCUT2D eigenvalue weighted by atomic mass is 10.2. The van der Waals surface area contributed by atoms with Crippen LogP contribution in [0.15, 0.2) is 0 Å². The normalized spacial score (nSPS) is 9.89. The second-order valence-electron chi connectivity index (χ2n) is 3.62. The summed E-state index contributed by atoms with van der Waals surface area (Å²) < 4.78 is 1.19. The van der Waals surface area contributed by atoms with Gasteiger partial charge in [-0.05, 0) is 6.92 Å². The average molecular weight is 254 g/mol. The first-order valence-corrected chi connectivity index (χ1v) is 5.21. The molecule has 1 heterocycles. The number of nitrogens with one attached hydrogen (secondary N) is 2. The Morgan fingerprint density at radius 2 is 2.17 bits per heavy atom. The Morgan fingerprint density at radius 1 is 1.50 bits per heavy atom. The molecule has 8 heteroatoms. The minimum Gasteiger partial charge on any atom is -0.477 e. The molecule has 1 aromatic heterocycles. The van der Waals surface area contributed by atoms with Crippen molar-refractivity contribution in [1.82, 2.24) is 15.1 Å². The molecule has 0 fully saturated rings. The number of amides is 2. The van der Waals surface area contributed by atoms with Crippen LogP contribution in [0.4, 0.5) is 5.82 Å². The highest BCUT2D eigenvalue weighted by Crippen LogP contribution is 2.17. The molecule has 0 atom stereocenters. The van der Waals surface area contributed by atoms with Crippen LogP contribution in [0.5, 0.6) is 0 Å². The van der Waals surface area contributed by atoms with E-state index in [1.807, 2.05) is 0 Å². The van der Waals surface area contributed by atoms with Gasteiger partial charge in [-0.15, -0.1) is 0 Å². The van der Waals surface area contributed by atoms with Crippen LogP contribution in [-0.2, 0) is 16.6 Å². The van der Waals surface area contributed by atoms with Gasteiger partial charge in [0.25, 0.3) is 0 Å². The molecule has 98 valence electrons. The van der Waals surface area contributed by atoms with Gasteiger partial charge in [0.1, 0.15) is 0 Å². The van der Waals surface area contributed by atoms with E-state index in [9.17, 15) is 14.4 Å². The highest BCUT2D eigenvalue weighted by Gasteiger charge is 2.19. The summed E-state index contributed by atoms with van der Waals surface area (Å²) in [6.07, 6.45) is 0.596. The van der Waals surface area contributed by atoms with Gasteiger partial charge in [-0.25, -0.2) is 4.79 Å². The van der Waals surface area contributed by atoms with E-state index in [1.165, 1.54) is 11.7 Å². The van der Waals surface area contributed by atoms with Crippen molar-refractivity contribution in [2.75, 3.05) is 11.9 Å². The van der Waals surface area contributed by atoms with Gasteiger partial charge in [0.15, 0.2) is 11.5 Å². The summed E-state index contributed by atoms with van der Waals surface area (Å²) in [6, 6.07) is 0. The van der Waals surface area contributed by atoms with Gasteiger partial charge < -0.3 is 15.7 Å². The number of carboxylic acid groups (broad SMARTS) is 1. The molecule has 2 amide bonds. The zero-order valence-corrected chi connectivity index (χ0v) is 10.1. The summed E-state index contributed by atoms with van der Waals surface area (Å²) >= 11 is 0. The highest BCUT2D eigenvalue weighted by atomic mass is 16.4. The number of rotatable bonds is 6. The lowest BCUT2D eigenvalue weighted by molar-refractivity contribution is -0.116. The van der Waals surface area contributed by atoms with E-state index in [0.29, 0.717) is 12.0 Å². The Hall–Kier alpha value is -2.38. The van der Waals surface area contributed by atoms with Crippen LogP contribution in [0, 0.1) is 6.92 Å². The maximum Gasteiger partial charge on any atom is 0.354 e. The molecule has 0 aliphatic heterocycles. The van der Waals surface area contributed by atoms with Crippen LogP contribution in [0.3, 0.4) is 0 Å². The Morgan fingerprint density at radius 3 is 2.67 bits per heavy atom. The standard InChI is InChI=1S/C10H14N4O4/c1-6-8(10(17)18)14(2)13-9(6)12-7(16)3-4-11-5-15/h5H,3-4H2,1-2H3,(H,11,15)(H,17,18)(H,12,13,16). The van der Waals surface area contributed by atoms with Crippen molar-refractivity contribution in [2.45, 2.75) is 13.3 Å². The molecular formula is C10H14N4O4. The topological polar surface area (TPSA) is 113 Å². The fourth-order valence-electron chi connectivity index (χ4n) is 1.49. The number of carbonyl (C=O) groups excluding carboxylic acids is 2. The van der Waals surface area contributed by atoms with E-state index in [0.717, 1.165) is 0 Å². The maximum atomic E-state index is 11.5. The molecule has 8 nitrogen and oxygen atoms in total. The summed E-state index contributed by atoms with van der Waals surface area (Å²) in [5.74, 6) is -1.24. The second-order valence-corrected chi connectivity index (χ2v) is 3.62. The predicted octanol–water partition coefficient (Wildman–Crippen LogP) is -0.499. The van der Waals surface area contributed by atoms with Crippen molar-refractivity contribution in [1.29, 1.82) is 0 Å². The molecule has 1 aromatic rings. The van der Waals surface area contributed by atoms with Crippen LogP contribution < -0.4 is 10.6 Å². The first-order valence-electron chi connectivity index (χ1n) is 5.21. The van der Waals surface area contributed by atoms with E-state index in [2.05, 4.69) is 15.7 Å². The minimum absolute atomic E-state index is 0.0244. The quantitative estimate of drug-likeness (QED) is 0.468. The molecule has 0 saturated heterocycles. The van der Waals surface area contributed by atoms with Crippen molar-refractivity contribution < 1.29 is 19.5 Å². The fraction of sp³-hybridized carbons (Fsp3) is 0.400. The Labute approximate surface area is 103 Å². The number of hydrogen-bond donors (Lipinski definition) is 3. The first kappa shape index (κ1) is 13.7. The Kier molecular flexibility index (Phi) is 4.41. The molecule has 0 radical (unpaired) electrons. The molecule has 0 unspecified atom stereocenters. The van der Waals surface area contributed by atoms with Gasteiger partial charge in [-0.3, -0.25) is 14.3 Å². The van der Waals surface area contributed by atoms with Crippen LogP contribution in [0.1, 0.15) is 22.5 Å². The minimum atomic E-state index is -1.11. The summed E-state index contributed by atoms with van der Waals surface area (Å²) in [4.78, 5) is 32.4. The molecule has 0 aliphatic carbocycles. The Balaban J connectivity index is 2.74. The smallest absolute Gasteiger partial charge is 0.354 e. The molecule has 0 aliphatic rings. The predicted molar refractivity (Wildman–Crippen MR) is 62.2 cm³/mol. The van der Waals surface area contributed by atoms with E-state index in [1.54, 1.807) is 6.92 Å². The molecule has 18 heavy (non-hydrogen) atoms. The van der Waals surface area contributed by atoms with Crippen LogP contribution in [0.2, 0.25) is 0 Å². The van der Waals surface area contributed by atoms with Crippen molar-refractivity contribution in [3.63, 3.8) is 0 Å². The van der Waals surface area contributed by atoms with Crippen LogP contribution in [0.25, 0.3) is 0 Å². The summed E-state index contributed by atoms with van der Waals surface area (Å²) in [5.41, 5.74) is 0.415. The number of aromatic carboxylic acids is 1. The van der Waals surface area contributed by atoms with Gasteiger partial charge in [-0.2, -0.15) is 5.10 Å². The lowest BCUT2D eigenvalue weighted by Gasteiger charge is -2.02. The van der Waals surface area contributed by atoms with Gasteiger partial charge in [0.05, 0.1) is 0 Å². The molecule has 0 aromatic carbocycles. The highest BCUT2D eigenvalue weighted by molar-refractivity contribution is 5.94. The zero-order chi connectivity index (χ0) is 13.7. The summed E-state index contributed by atoms with van der Waals surface area (Å²) in [5, 5.41) is 17.7. The molecule has 1 rings (SSSR count). The van der Waals surface area contributed by atoms with Gasteiger partial charge in [-0.1, -0.05) is 0 Å². The van der Waals surface area contributed by atoms with Crippen LogP contribution in [-0.4, -0.2) is 39.7 Å². The first-order chi connectivity index (χ1) is 8.47. The molecule has 0 bridgehead atoms. The number of hydrogen-bond acceptors (Lipinski definition) is 4. The van der Waals surface area contributed by atoms with Crippen molar-refractivity contribution in [3.8, 4) is 0 Å². The fourth-order valence-corrected chi connectivity index (χ4v) is 1.49. The van der Waals surface area contributed by atoms with Crippen molar-refractivity contribution in [3.05, 3.63) is 11.3 Å². The maximum absolute atomic E-state index is 11.5. The SMILES string of the molecule is Cc1c(NC(=O)CCNC=O)nn(C)c1C(=O)O. The monoisotopic (exact) mass is 254 g/mol. The van der Waals surface area contributed by atoms with Crippen molar-refractivity contribution in [2.24, 2.45) is 7.05 Å². The number of aromatic nitrogens is 2. The number of carboxylic acids is 1. The van der Waals surface area contributed by atoms with Gasteiger partial charge in [0.2, 0.25) is 12.3 Å². The summed E-state index contributed by atoms with van der Waals surface area (Å²) in [6.45, 7) is 1.78. The second kappa shape index (κ2) is 5.80. The van der Waals surface area contributed by atoms with Gasteiger partial charge in [0, 0.05) is 25.6 Å². The van der Waals surface area contributed by atoms with E-state index < -0.39 is 5.97 Å². The summed E-state index contributed by atoms with van der Waals surface area (Å²) in [7, 11) is 1.49. The van der Waals surface area contributed by atoms with Crippen molar-refractivity contribution >= 4 is 24.1 Å². The number of carbonyl (C=O) groups is 3. The van der Waals surface area contributed by atoms with E-state index in [-0.39, 0.29) is 30.4 Å². The van der Waals surface area contributed by atoms with E-state index in [4.69, 9.17) is 5.11 Å². The third-order valence-corrected chi connectivity index (χ3v) is 2.32.